The van der Waals surface area contributed by atoms with E-state index in [0.29, 0.717) is 29.6 Å². The average molecular weight is 527 g/mol. The minimum Gasteiger partial charge on any atom is -0.472 e. The molecule has 0 fully saturated rings. The van der Waals surface area contributed by atoms with E-state index >= 15 is 0 Å². The Morgan fingerprint density at radius 2 is 1.49 bits per heavy atom. The lowest BCUT2D eigenvalue weighted by atomic mass is 9.95. The van der Waals surface area contributed by atoms with Gasteiger partial charge in [-0.25, -0.2) is 4.98 Å². The van der Waals surface area contributed by atoms with Crippen molar-refractivity contribution >= 4 is 11.0 Å². The number of benzene rings is 2. The second-order valence-corrected chi connectivity index (χ2v) is 10.00. The van der Waals surface area contributed by atoms with E-state index in [1.807, 2.05) is 52.0 Å². The normalized spacial score (nSPS) is 11.6. The zero-order valence-electron chi connectivity index (χ0n) is 23.0. The van der Waals surface area contributed by atoms with E-state index in [2.05, 4.69) is 66.6 Å². The van der Waals surface area contributed by atoms with Gasteiger partial charge < -0.3 is 14.0 Å². The van der Waals surface area contributed by atoms with Gasteiger partial charge in [0.2, 0.25) is 5.82 Å². The van der Waals surface area contributed by atoms with Crippen LogP contribution in [0.5, 0.6) is 11.8 Å². The predicted molar refractivity (Wildman–Crippen MR) is 150 cm³/mol. The number of nitrogens with one attached hydrogen (secondary N) is 1. The number of fused-ring (bicyclic) bond motifs is 1. The van der Waals surface area contributed by atoms with E-state index in [-0.39, 0.29) is 12.2 Å². The lowest BCUT2D eigenvalue weighted by Gasteiger charge is -2.17. The lowest BCUT2D eigenvalue weighted by molar-refractivity contribution is 0.219. The Morgan fingerprint density at radius 3 is 2.18 bits per heavy atom. The number of rotatable bonds is 11. The summed E-state index contributed by atoms with van der Waals surface area (Å²) in [6.07, 6.45) is 2.74. The highest BCUT2D eigenvalue weighted by atomic mass is 16.5. The molecule has 0 aliphatic heterocycles. The summed E-state index contributed by atoms with van der Waals surface area (Å²) >= 11 is 0. The molecule has 10 nitrogen and oxygen atoms in total. The molecular weight excluding hydrogens is 492 g/mol. The molecule has 0 radical (unpaired) electrons. The molecule has 0 aliphatic rings. The van der Waals surface area contributed by atoms with Crippen molar-refractivity contribution in [1.82, 2.24) is 40.4 Å². The molecule has 2 aromatic carbocycles. The number of nitrogens with zero attached hydrogens (tertiary/aromatic N) is 7. The summed E-state index contributed by atoms with van der Waals surface area (Å²) in [4.78, 5) is 5.05. The van der Waals surface area contributed by atoms with Gasteiger partial charge in [0.05, 0.1) is 18.8 Å². The van der Waals surface area contributed by atoms with Crippen LogP contribution >= 0.6 is 0 Å². The minimum absolute atomic E-state index is 0.0639. The molecule has 0 atom stereocenters. The molecule has 0 saturated heterocycles. The maximum absolute atomic E-state index is 6.15. The topological polar surface area (TPSA) is 117 Å². The van der Waals surface area contributed by atoms with E-state index < -0.39 is 0 Å². The molecule has 0 saturated carbocycles. The van der Waals surface area contributed by atoms with Crippen molar-refractivity contribution in [3.05, 3.63) is 59.9 Å². The molecule has 39 heavy (non-hydrogen) atoms. The van der Waals surface area contributed by atoms with Gasteiger partial charge in [-0.3, -0.25) is 0 Å². The number of aromatic nitrogens is 8. The minimum atomic E-state index is -0.0732. The maximum atomic E-state index is 6.15. The van der Waals surface area contributed by atoms with Crippen LogP contribution < -0.4 is 9.47 Å². The fraction of sp³-hybridized carbons (Fsp3) is 0.379. The number of tetrazole rings is 1. The molecule has 5 rings (SSSR count). The van der Waals surface area contributed by atoms with Gasteiger partial charge in [-0.1, -0.05) is 61.9 Å². The molecule has 0 spiro atoms. The first kappa shape index (κ1) is 26.3. The maximum Gasteiger partial charge on any atom is 0.262 e. The summed E-state index contributed by atoms with van der Waals surface area (Å²) in [6, 6.07) is 16.5. The van der Waals surface area contributed by atoms with Crippen LogP contribution in [-0.4, -0.2) is 52.6 Å². The highest BCUT2D eigenvalue weighted by molar-refractivity contribution is 5.86. The summed E-state index contributed by atoms with van der Waals surface area (Å²) in [5.41, 5.74) is 5.59. The Labute approximate surface area is 227 Å². The highest BCUT2D eigenvalue weighted by Gasteiger charge is 2.24. The fourth-order valence-corrected chi connectivity index (χ4v) is 4.63. The Hall–Kier alpha value is -4.34. The number of hydrogen-bond donors (Lipinski definition) is 1. The predicted octanol–water partition coefficient (Wildman–Crippen LogP) is 5.64. The van der Waals surface area contributed by atoms with Gasteiger partial charge in [0.15, 0.2) is 5.52 Å². The third-order valence-electron chi connectivity index (χ3n) is 6.28. The monoisotopic (exact) mass is 526 g/mol. The van der Waals surface area contributed by atoms with Gasteiger partial charge >= 0.3 is 0 Å². The van der Waals surface area contributed by atoms with E-state index in [4.69, 9.17) is 14.5 Å². The van der Waals surface area contributed by atoms with Gasteiger partial charge in [-0.05, 0) is 56.0 Å². The summed E-state index contributed by atoms with van der Waals surface area (Å²) in [5, 5.41) is 23.6. The Morgan fingerprint density at radius 1 is 0.821 bits per heavy atom. The first-order valence-electron chi connectivity index (χ1n) is 13.5. The Bertz CT molecular complexity index is 1540. The molecule has 1 N–H and O–H groups in total. The van der Waals surface area contributed by atoms with E-state index in [9.17, 15) is 0 Å². The number of aromatic amines is 1. The van der Waals surface area contributed by atoms with Crippen molar-refractivity contribution in [3.8, 4) is 34.3 Å². The second-order valence-electron chi connectivity index (χ2n) is 10.00. The molecule has 3 aromatic heterocycles. The standard InChI is InChI=1S/C29H34N8O2/c1-6-7-16-24-30-25-26(29(39-19(4)5)34-33-28(25)38-18(2)3)37(24)17-20-12-8-9-13-21(20)22-14-10-11-15-23(22)27-31-35-36-32-27/h8-15,18-19H,6-7,16-17H2,1-5H3,(H,31,32,35,36). The van der Waals surface area contributed by atoms with Crippen LogP contribution in [0, 0.1) is 0 Å². The van der Waals surface area contributed by atoms with Crippen LogP contribution in [0.15, 0.2) is 48.5 Å². The molecule has 3 heterocycles. The third-order valence-corrected chi connectivity index (χ3v) is 6.28. The van der Waals surface area contributed by atoms with Crippen LogP contribution in [0.2, 0.25) is 0 Å². The van der Waals surface area contributed by atoms with E-state index in [1.165, 1.54) is 0 Å². The van der Waals surface area contributed by atoms with Crippen molar-refractivity contribution in [2.45, 2.75) is 72.6 Å². The van der Waals surface area contributed by atoms with Crippen LogP contribution in [0.3, 0.4) is 0 Å². The molecule has 0 bridgehead atoms. The number of ether oxygens (including phenoxy) is 2. The molecule has 0 amide bonds. The lowest BCUT2D eigenvalue weighted by Crippen LogP contribution is -2.13. The number of unbranched alkanes of at least 4 members (excludes halogenated alkanes) is 1. The summed E-state index contributed by atoms with van der Waals surface area (Å²) in [7, 11) is 0. The van der Waals surface area contributed by atoms with E-state index in [0.717, 1.165) is 52.9 Å². The number of aryl methyl sites for hydroxylation is 1. The zero-order valence-corrected chi connectivity index (χ0v) is 23.0. The highest BCUT2D eigenvalue weighted by Crippen LogP contribution is 2.36. The Kier molecular flexibility index (Phi) is 7.81. The van der Waals surface area contributed by atoms with Crippen molar-refractivity contribution in [2.75, 3.05) is 0 Å². The number of hydrogen-bond acceptors (Lipinski definition) is 8. The molecular formula is C29H34N8O2. The van der Waals surface area contributed by atoms with Crippen LogP contribution in [0.4, 0.5) is 0 Å². The van der Waals surface area contributed by atoms with Gasteiger partial charge in [0.1, 0.15) is 11.3 Å². The van der Waals surface area contributed by atoms with Gasteiger partial charge in [-0.2, -0.15) is 5.21 Å². The average Bonchev–Trinajstić information content (AvgIpc) is 3.58. The van der Waals surface area contributed by atoms with Crippen molar-refractivity contribution < 1.29 is 9.47 Å². The Balaban J connectivity index is 1.69. The molecule has 10 heteroatoms. The van der Waals surface area contributed by atoms with Crippen LogP contribution in [0.25, 0.3) is 33.5 Å². The van der Waals surface area contributed by atoms with Crippen LogP contribution in [0.1, 0.15) is 58.8 Å². The van der Waals surface area contributed by atoms with Gasteiger partial charge in [0, 0.05) is 12.0 Å². The first-order chi connectivity index (χ1) is 19.0. The molecule has 5 aromatic rings. The van der Waals surface area contributed by atoms with Gasteiger partial charge in [-0.15, -0.1) is 20.4 Å². The van der Waals surface area contributed by atoms with Gasteiger partial charge in [0.25, 0.3) is 11.8 Å². The number of imidazole rings is 1. The van der Waals surface area contributed by atoms with Crippen LogP contribution in [-0.2, 0) is 13.0 Å². The zero-order chi connectivity index (χ0) is 27.4. The summed E-state index contributed by atoms with van der Waals surface area (Å²) in [6.45, 7) is 10.6. The quantitative estimate of drug-likeness (QED) is 0.235. The van der Waals surface area contributed by atoms with Crippen molar-refractivity contribution in [3.63, 3.8) is 0 Å². The van der Waals surface area contributed by atoms with Crippen molar-refractivity contribution in [2.24, 2.45) is 0 Å². The van der Waals surface area contributed by atoms with E-state index in [1.54, 1.807) is 0 Å². The first-order valence-corrected chi connectivity index (χ1v) is 13.5. The summed E-state index contributed by atoms with van der Waals surface area (Å²) < 4.78 is 14.4. The SMILES string of the molecule is CCCCc1nc2c(OC(C)C)nnc(OC(C)C)c2n1Cc1ccccc1-c1ccccc1-c1nn[nH]n1. The summed E-state index contributed by atoms with van der Waals surface area (Å²) in [5.74, 6) is 2.37. The smallest absolute Gasteiger partial charge is 0.262 e. The number of H-pyrrole nitrogens is 1. The fourth-order valence-electron chi connectivity index (χ4n) is 4.63. The van der Waals surface area contributed by atoms with Crippen molar-refractivity contribution in [1.29, 1.82) is 0 Å². The largest absolute Gasteiger partial charge is 0.472 e. The molecule has 0 unspecified atom stereocenters. The second kappa shape index (κ2) is 11.6. The molecule has 0 aliphatic carbocycles. The third kappa shape index (κ3) is 5.59. The molecule has 202 valence electrons.